The van der Waals surface area contributed by atoms with E-state index < -0.39 is 15.9 Å². The Morgan fingerprint density at radius 2 is 1.61 bits per heavy atom. The Kier molecular flexibility index (Phi) is 8.26. The van der Waals surface area contributed by atoms with Gasteiger partial charge in [-0.3, -0.25) is 9.59 Å². The van der Waals surface area contributed by atoms with Gasteiger partial charge in [0.05, 0.1) is 16.1 Å². The molecular formula is C25H33N3O4S. The summed E-state index contributed by atoms with van der Waals surface area (Å²) in [6, 6.07) is 11.4. The molecule has 7 nitrogen and oxygen atoms in total. The second-order valence-electron chi connectivity index (χ2n) is 8.90. The molecule has 2 N–H and O–H groups in total. The molecule has 8 heteroatoms. The Bertz CT molecular complexity index is 1100. The second kappa shape index (κ2) is 10.9. The lowest BCUT2D eigenvalue weighted by Gasteiger charge is -2.20. The van der Waals surface area contributed by atoms with Crippen molar-refractivity contribution in [1.29, 1.82) is 0 Å². The predicted molar refractivity (Wildman–Crippen MR) is 130 cm³/mol. The van der Waals surface area contributed by atoms with Gasteiger partial charge in [-0.2, -0.15) is 4.31 Å². The summed E-state index contributed by atoms with van der Waals surface area (Å²) in [5.74, 6) is -0.425. The van der Waals surface area contributed by atoms with Crippen molar-refractivity contribution in [3.63, 3.8) is 0 Å². The van der Waals surface area contributed by atoms with Crippen molar-refractivity contribution in [2.24, 2.45) is 5.92 Å². The van der Waals surface area contributed by atoms with E-state index in [4.69, 9.17) is 0 Å². The van der Waals surface area contributed by atoms with E-state index in [9.17, 15) is 18.0 Å². The molecule has 0 aromatic heterocycles. The fourth-order valence-electron chi connectivity index (χ4n) is 3.81. The fourth-order valence-corrected chi connectivity index (χ4v) is 5.35. The number of hydrogen-bond acceptors (Lipinski definition) is 4. The van der Waals surface area contributed by atoms with E-state index in [1.54, 1.807) is 43.3 Å². The van der Waals surface area contributed by atoms with Gasteiger partial charge in [0, 0.05) is 25.2 Å². The summed E-state index contributed by atoms with van der Waals surface area (Å²) in [7, 11) is -3.68. The number of anilines is 1. The SMILES string of the molecule is Cc1ccc(S(=O)(=O)N2CCCCCC2)cc1C(=O)Nc1ccccc1C(=O)NCC(C)C. The third kappa shape index (κ3) is 6.21. The van der Waals surface area contributed by atoms with Crippen molar-refractivity contribution < 1.29 is 18.0 Å². The van der Waals surface area contributed by atoms with Gasteiger partial charge in [-0.15, -0.1) is 0 Å². The van der Waals surface area contributed by atoms with Gasteiger partial charge in [0.2, 0.25) is 10.0 Å². The van der Waals surface area contributed by atoms with Crippen molar-refractivity contribution >= 4 is 27.5 Å². The maximum absolute atomic E-state index is 13.2. The summed E-state index contributed by atoms with van der Waals surface area (Å²) >= 11 is 0. The first-order chi connectivity index (χ1) is 15.7. The van der Waals surface area contributed by atoms with Crippen LogP contribution in [-0.4, -0.2) is 44.2 Å². The number of para-hydroxylation sites is 1. The standard InChI is InChI=1S/C25H33N3O4S/c1-18(2)17-26-24(29)21-10-6-7-11-23(21)27-25(30)22-16-20(13-12-19(22)3)33(31,32)28-14-8-4-5-9-15-28/h6-7,10-13,16,18H,4-5,8-9,14-15,17H2,1-3H3,(H,26,29)(H,27,30). The molecule has 33 heavy (non-hydrogen) atoms. The molecule has 0 atom stereocenters. The Morgan fingerprint density at radius 1 is 0.939 bits per heavy atom. The van der Waals surface area contributed by atoms with E-state index in [0.29, 0.717) is 42.4 Å². The molecule has 2 amide bonds. The van der Waals surface area contributed by atoms with Crippen LogP contribution >= 0.6 is 0 Å². The molecule has 1 fully saturated rings. The second-order valence-corrected chi connectivity index (χ2v) is 10.8. The van der Waals surface area contributed by atoms with Crippen molar-refractivity contribution in [2.75, 3.05) is 25.0 Å². The Labute approximate surface area is 196 Å². The van der Waals surface area contributed by atoms with Gasteiger partial charge in [0.15, 0.2) is 0 Å². The van der Waals surface area contributed by atoms with Crippen LogP contribution in [0.4, 0.5) is 5.69 Å². The number of nitrogens with one attached hydrogen (secondary N) is 2. The van der Waals surface area contributed by atoms with Crippen LogP contribution in [0.5, 0.6) is 0 Å². The summed E-state index contributed by atoms with van der Waals surface area (Å²) in [4.78, 5) is 25.8. The number of sulfonamides is 1. The van der Waals surface area contributed by atoms with Crippen molar-refractivity contribution in [3.05, 3.63) is 59.2 Å². The van der Waals surface area contributed by atoms with Crippen LogP contribution in [0.25, 0.3) is 0 Å². The summed E-state index contributed by atoms with van der Waals surface area (Å²) < 4.78 is 27.9. The first kappa shape index (κ1) is 24.9. The lowest BCUT2D eigenvalue weighted by atomic mass is 10.1. The zero-order valence-electron chi connectivity index (χ0n) is 19.6. The number of rotatable bonds is 7. The normalized spacial score (nSPS) is 15.2. The molecule has 1 saturated heterocycles. The lowest BCUT2D eigenvalue weighted by Crippen LogP contribution is -2.32. The number of aryl methyl sites for hydroxylation is 1. The molecule has 0 saturated carbocycles. The molecule has 0 aliphatic carbocycles. The third-order valence-electron chi connectivity index (χ3n) is 5.75. The fraction of sp³-hybridized carbons (Fsp3) is 0.440. The van der Waals surface area contributed by atoms with Crippen LogP contribution < -0.4 is 10.6 Å². The largest absolute Gasteiger partial charge is 0.352 e. The quantitative estimate of drug-likeness (QED) is 0.633. The summed E-state index contributed by atoms with van der Waals surface area (Å²) in [6.45, 7) is 7.29. The van der Waals surface area contributed by atoms with E-state index >= 15 is 0 Å². The number of amides is 2. The van der Waals surface area contributed by atoms with Crippen LogP contribution in [0.15, 0.2) is 47.4 Å². The number of nitrogens with zero attached hydrogens (tertiary/aromatic N) is 1. The van der Waals surface area contributed by atoms with Crippen LogP contribution in [-0.2, 0) is 10.0 Å². The molecule has 0 spiro atoms. The summed E-state index contributed by atoms with van der Waals surface area (Å²) in [5, 5.41) is 5.65. The van der Waals surface area contributed by atoms with Gasteiger partial charge in [0.1, 0.15) is 0 Å². The third-order valence-corrected chi connectivity index (χ3v) is 7.64. The zero-order valence-corrected chi connectivity index (χ0v) is 20.4. The summed E-state index contributed by atoms with van der Waals surface area (Å²) in [6.07, 6.45) is 3.73. The van der Waals surface area contributed by atoms with Gasteiger partial charge in [-0.1, -0.05) is 44.9 Å². The highest BCUT2D eigenvalue weighted by molar-refractivity contribution is 7.89. The molecule has 3 rings (SSSR count). The molecule has 178 valence electrons. The average molecular weight is 472 g/mol. The molecule has 0 radical (unpaired) electrons. The van der Waals surface area contributed by atoms with E-state index in [0.717, 1.165) is 25.7 Å². The van der Waals surface area contributed by atoms with Gasteiger partial charge in [-0.05, 0) is 55.5 Å². The van der Waals surface area contributed by atoms with Crippen LogP contribution in [0.2, 0.25) is 0 Å². The molecule has 0 bridgehead atoms. The summed E-state index contributed by atoms with van der Waals surface area (Å²) in [5.41, 5.74) is 1.66. The molecule has 1 aliphatic rings. The highest BCUT2D eigenvalue weighted by Gasteiger charge is 2.26. The topological polar surface area (TPSA) is 95.6 Å². The number of carbonyl (C=O) groups is 2. The molecule has 2 aromatic rings. The van der Waals surface area contributed by atoms with Gasteiger partial charge < -0.3 is 10.6 Å². The number of benzene rings is 2. The molecular weight excluding hydrogens is 438 g/mol. The Balaban J connectivity index is 1.85. The predicted octanol–water partition coefficient (Wildman–Crippen LogP) is 4.20. The first-order valence-corrected chi connectivity index (χ1v) is 12.9. The van der Waals surface area contributed by atoms with Crippen molar-refractivity contribution in [2.45, 2.75) is 51.3 Å². The smallest absolute Gasteiger partial charge is 0.255 e. The minimum Gasteiger partial charge on any atom is -0.352 e. The molecule has 1 heterocycles. The van der Waals surface area contributed by atoms with Gasteiger partial charge in [0.25, 0.3) is 11.8 Å². The van der Waals surface area contributed by atoms with Crippen LogP contribution in [0.3, 0.4) is 0 Å². The minimum atomic E-state index is -3.68. The maximum atomic E-state index is 13.2. The van der Waals surface area contributed by atoms with Crippen LogP contribution in [0.1, 0.15) is 65.8 Å². The van der Waals surface area contributed by atoms with Crippen molar-refractivity contribution in [3.8, 4) is 0 Å². The maximum Gasteiger partial charge on any atom is 0.255 e. The lowest BCUT2D eigenvalue weighted by molar-refractivity contribution is 0.0950. The number of hydrogen-bond donors (Lipinski definition) is 2. The van der Waals surface area contributed by atoms with Gasteiger partial charge >= 0.3 is 0 Å². The highest BCUT2D eigenvalue weighted by Crippen LogP contribution is 2.24. The van der Waals surface area contributed by atoms with E-state index in [-0.39, 0.29) is 16.4 Å². The number of carbonyl (C=O) groups excluding carboxylic acids is 2. The minimum absolute atomic E-state index is 0.114. The van der Waals surface area contributed by atoms with E-state index in [1.165, 1.54) is 10.4 Å². The molecule has 0 unspecified atom stereocenters. The van der Waals surface area contributed by atoms with E-state index in [1.807, 2.05) is 13.8 Å². The molecule has 1 aliphatic heterocycles. The monoisotopic (exact) mass is 471 g/mol. The Hall–Kier alpha value is -2.71. The van der Waals surface area contributed by atoms with Crippen molar-refractivity contribution in [1.82, 2.24) is 9.62 Å². The highest BCUT2D eigenvalue weighted by atomic mass is 32.2. The van der Waals surface area contributed by atoms with Gasteiger partial charge in [-0.25, -0.2) is 8.42 Å². The first-order valence-electron chi connectivity index (χ1n) is 11.5. The Morgan fingerprint density at radius 3 is 2.27 bits per heavy atom. The average Bonchev–Trinajstić information content (AvgIpc) is 3.08. The molecule has 2 aromatic carbocycles. The zero-order chi connectivity index (χ0) is 24.0. The van der Waals surface area contributed by atoms with E-state index in [2.05, 4.69) is 10.6 Å². The van der Waals surface area contributed by atoms with Crippen LogP contribution in [0, 0.1) is 12.8 Å².